The van der Waals surface area contributed by atoms with Crippen LogP contribution < -0.4 is 21.1 Å². The van der Waals surface area contributed by atoms with Gasteiger partial charge in [-0.3, -0.25) is 9.78 Å². The Morgan fingerprint density at radius 3 is 2.51 bits per heavy atom. The van der Waals surface area contributed by atoms with Crippen LogP contribution in [0.2, 0.25) is 0 Å². The predicted molar refractivity (Wildman–Crippen MR) is 137 cm³/mol. The second-order valence-electron chi connectivity index (χ2n) is 7.89. The number of nitrogens with two attached hydrogens (primary N) is 1. The minimum atomic E-state index is -0.264. The molecule has 0 fully saturated rings. The Morgan fingerprint density at radius 2 is 1.77 bits per heavy atom. The first-order chi connectivity index (χ1) is 17.1. The molecule has 1 aromatic heterocycles. The molecule has 0 atom stereocenters. The molecule has 35 heavy (non-hydrogen) atoms. The first-order valence-corrected chi connectivity index (χ1v) is 11.1. The van der Waals surface area contributed by atoms with Gasteiger partial charge >= 0.3 is 0 Å². The average Bonchev–Trinajstić information content (AvgIpc) is 2.90. The van der Waals surface area contributed by atoms with E-state index < -0.39 is 0 Å². The summed E-state index contributed by atoms with van der Waals surface area (Å²) in [5, 5.41) is 15.9. The fraction of sp³-hybridized carbons (Fsp3) is 0.107. The van der Waals surface area contributed by atoms with Gasteiger partial charge in [0.2, 0.25) is 0 Å². The van der Waals surface area contributed by atoms with Crippen LogP contribution in [0, 0.1) is 11.3 Å². The molecule has 0 aliphatic heterocycles. The van der Waals surface area contributed by atoms with Crippen LogP contribution in [0.15, 0.2) is 85.1 Å². The van der Waals surface area contributed by atoms with Crippen molar-refractivity contribution in [2.75, 3.05) is 18.2 Å². The molecule has 0 radical (unpaired) electrons. The minimum Gasteiger partial charge on any atom is -0.496 e. The molecule has 0 saturated carbocycles. The van der Waals surface area contributed by atoms with Crippen molar-refractivity contribution < 1.29 is 9.53 Å². The van der Waals surface area contributed by atoms with Crippen molar-refractivity contribution in [2.45, 2.75) is 13.1 Å². The smallest absolute Gasteiger partial charge is 0.255 e. The van der Waals surface area contributed by atoms with Gasteiger partial charge in [0.25, 0.3) is 5.91 Å². The third kappa shape index (κ3) is 5.64. The molecule has 0 unspecified atom stereocenters. The third-order valence-corrected chi connectivity index (χ3v) is 5.53. The van der Waals surface area contributed by atoms with E-state index in [4.69, 9.17) is 10.5 Å². The van der Waals surface area contributed by atoms with Crippen LogP contribution in [0.4, 0.5) is 11.4 Å². The molecule has 4 aromatic rings. The van der Waals surface area contributed by atoms with Crippen molar-refractivity contribution in [3.05, 3.63) is 107 Å². The summed E-state index contributed by atoms with van der Waals surface area (Å²) in [6.07, 6.45) is 1.75. The molecule has 0 saturated heterocycles. The molecule has 0 bridgehead atoms. The second-order valence-corrected chi connectivity index (χ2v) is 7.89. The Kier molecular flexibility index (Phi) is 7.36. The average molecular weight is 464 g/mol. The summed E-state index contributed by atoms with van der Waals surface area (Å²) < 4.78 is 5.38. The number of benzene rings is 3. The van der Waals surface area contributed by atoms with Crippen LogP contribution in [0.5, 0.6) is 5.75 Å². The lowest BCUT2D eigenvalue weighted by Gasteiger charge is -2.11. The maximum atomic E-state index is 12.6. The Labute approximate surface area is 204 Å². The zero-order valence-electron chi connectivity index (χ0n) is 19.3. The highest BCUT2D eigenvalue weighted by Crippen LogP contribution is 2.24. The highest BCUT2D eigenvalue weighted by molar-refractivity contribution is 6.05. The van der Waals surface area contributed by atoms with Crippen LogP contribution in [0.25, 0.3) is 11.3 Å². The summed E-state index contributed by atoms with van der Waals surface area (Å²) >= 11 is 0. The van der Waals surface area contributed by atoms with Gasteiger partial charge in [0.15, 0.2) is 0 Å². The fourth-order valence-corrected chi connectivity index (χ4v) is 3.70. The Hall–Kier alpha value is -4.67. The summed E-state index contributed by atoms with van der Waals surface area (Å²) in [7, 11) is 1.65. The van der Waals surface area contributed by atoms with E-state index >= 15 is 0 Å². The first-order valence-electron chi connectivity index (χ1n) is 11.1. The van der Waals surface area contributed by atoms with Gasteiger partial charge in [0.05, 0.1) is 29.7 Å². The molecule has 4 N–H and O–H groups in total. The van der Waals surface area contributed by atoms with Gasteiger partial charge in [0.1, 0.15) is 11.8 Å². The molecule has 4 rings (SSSR count). The van der Waals surface area contributed by atoms with Gasteiger partial charge < -0.3 is 21.1 Å². The number of nitriles is 1. The number of anilines is 2. The summed E-state index contributed by atoms with van der Waals surface area (Å²) in [6.45, 7) is 1.19. The van der Waals surface area contributed by atoms with E-state index in [9.17, 15) is 10.1 Å². The lowest BCUT2D eigenvalue weighted by atomic mass is 10.0. The summed E-state index contributed by atoms with van der Waals surface area (Å²) in [4.78, 5) is 17.1. The van der Waals surface area contributed by atoms with Crippen LogP contribution in [-0.4, -0.2) is 18.0 Å². The van der Waals surface area contributed by atoms with Crippen molar-refractivity contribution in [3.8, 4) is 23.1 Å². The van der Waals surface area contributed by atoms with E-state index in [1.165, 1.54) is 0 Å². The second kappa shape index (κ2) is 11.0. The maximum absolute atomic E-state index is 12.6. The first kappa shape index (κ1) is 23.5. The number of hydrogen-bond acceptors (Lipinski definition) is 6. The number of ether oxygens (including phenoxy) is 1. The van der Waals surface area contributed by atoms with E-state index in [-0.39, 0.29) is 5.91 Å². The number of amides is 1. The number of nitrogens with one attached hydrogen (secondary N) is 2. The van der Waals surface area contributed by atoms with Crippen molar-refractivity contribution in [1.29, 1.82) is 5.26 Å². The number of pyridine rings is 1. The molecule has 7 nitrogen and oxygen atoms in total. The van der Waals surface area contributed by atoms with Gasteiger partial charge in [-0.15, -0.1) is 0 Å². The van der Waals surface area contributed by atoms with Gasteiger partial charge in [0, 0.05) is 36.0 Å². The normalized spacial score (nSPS) is 10.4. The zero-order chi connectivity index (χ0) is 24.6. The monoisotopic (exact) mass is 463 g/mol. The van der Waals surface area contributed by atoms with Gasteiger partial charge in [-0.25, -0.2) is 0 Å². The van der Waals surface area contributed by atoms with E-state index in [0.29, 0.717) is 41.3 Å². The highest BCUT2D eigenvalue weighted by Gasteiger charge is 2.12. The van der Waals surface area contributed by atoms with E-state index in [2.05, 4.69) is 21.7 Å². The number of carbonyl (C=O) groups excluding carboxylic acids is 1. The van der Waals surface area contributed by atoms with Crippen molar-refractivity contribution in [2.24, 2.45) is 0 Å². The molecule has 3 aromatic carbocycles. The van der Waals surface area contributed by atoms with E-state index in [1.54, 1.807) is 55.8 Å². The number of para-hydroxylation sites is 3. The Balaban J connectivity index is 1.43. The Morgan fingerprint density at radius 1 is 1.03 bits per heavy atom. The number of rotatable bonds is 8. The van der Waals surface area contributed by atoms with Crippen molar-refractivity contribution in [3.63, 3.8) is 0 Å². The molecule has 0 spiro atoms. The van der Waals surface area contributed by atoms with Crippen LogP contribution in [-0.2, 0) is 13.1 Å². The van der Waals surface area contributed by atoms with Crippen molar-refractivity contribution >= 4 is 17.3 Å². The van der Waals surface area contributed by atoms with E-state index in [1.807, 2.05) is 36.4 Å². The molecule has 1 heterocycles. The lowest BCUT2D eigenvalue weighted by Crippen LogP contribution is -2.14. The van der Waals surface area contributed by atoms with Gasteiger partial charge in [-0.05, 0) is 42.0 Å². The highest BCUT2D eigenvalue weighted by atomic mass is 16.5. The van der Waals surface area contributed by atoms with Crippen LogP contribution >= 0.6 is 0 Å². The predicted octanol–water partition coefficient (Wildman–Crippen LogP) is 4.75. The van der Waals surface area contributed by atoms with E-state index in [0.717, 1.165) is 22.4 Å². The minimum absolute atomic E-state index is 0.264. The van der Waals surface area contributed by atoms with Crippen LogP contribution in [0.3, 0.4) is 0 Å². The molecule has 0 aliphatic rings. The molecular weight excluding hydrogens is 438 g/mol. The van der Waals surface area contributed by atoms with Crippen molar-refractivity contribution in [1.82, 2.24) is 10.3 Å². The molecular formula is C28H25N5O2. The number of hydrogen-bond donors (Lipinski definition) is 3. The SMILES string of the molecule is COc1ccccc1CNCc1cnc(-c2ccc(C(=O)Nc3ccccc3N)cc2)c(C#N)c1. The Bertz CT molecular complexity index is 1380. The molecule has 7 heteroatoms. The fourth-order valence-electron chi connectivity index (χ4n) is 3.70. The van der Waals surface area contributed by atoms with Gasteiger partial charge in [-0.2, -0.15) is 5.26 Å². The lowest BCUT2D eigenvalue weighted by molar-refractivity contribution is 0.102. The zero-order valence-corrected chi connectivity index (χ0v) is 19.3. The quantitative estimate of drug-likeness (QED) is 0.325. The number of carbonyl (C=O) groups is 1. The maximum Gasteiger partial charge on any atom is 0.255 e. The number of aromatic nitrogens is 1. The summed E-state index contributed by atoms with van der Waals surface area (Å²) in [6, 6.07) is 26.0. The number of nitrogen functional groups attached to an aromatic ring is 1. The summed E-state index contributed by atoms with van der Waals surface area (Å²) in [5.41, 5.74) is 11.2. The topological polar surface area (TPSA) is 113 Å². The van der Waals surface area contributed by atoms with Crippen LogP contribution in [0.1, 0.15) is 27.0 Å². The largest absolute Gasteiger partial charge is 0.496 e. The van der Waals surface area contributed by atoms with Gasteiger partial charge in [-0.1, -0.05) is 42.5 Å². The number of nitrogens with zero attached hydrogens (tertiary/aromatic N) is 2. The third-order valence-electron chi connectivity index (χ3n) is 5.53. The summed E-state index contributed by atoms with van der Waals surface area (Å²) in [5.74, 6) is 0.565. The number of methoxy groups -OCH3 is 1. The molecule has 0 aliphatic carbocycles. The standard InChI is InChI=1S/C28H25N5O2/c1-35-26-9-5-2-6-22(26)18-31-16-19-14-23(15-29)27(32-17-19)20-10-12-21(13-11-20)28(34)33-25-8-4-3-7-24(25)30/h2-14,17,31H,16,18,30H2,1H3,(H,33,34). The molecule has 174 valence electrons. The molecule has 1 amide bonds.